The van der Waals surface area contributed by atoms with E-state index in [0.717, 1.165) is 25.8 Å². The minimum absolute atomic E-state index is 0.124. The average Bonchev–Trinajstić information content (AvgIpc) is 2.40. The highest BCUT2D eigenvalue weighted by molar-refractivity contribution is 5.81. The fraction of sp³-hybridized carbons (Fsp3) is 0.909. The van der Waals surface area contributed by atoms with Gasteiger partial charge in [0, 0.05) is 12.6 Å². The van der Waals surface area contributed by atoms with Crippen molar-refractivity contribution in [2.24, 2.45) is 5.73 Å². The minimum Gasteiger partial charge on any atom is -0.338 e. The molecular weight excluding hydrogens is 176 g/mol. The van der Waals surface area contributed by atoms with Crippen LogP contribution in [-0.4, -0.2) is 29.4 Å². The molecule has 1 fully saturated rings. The first-order valence-corrected chi connectivity index (χ1v) is 5.73. The summed E-state index contributed by atoms with van der Waals surface area (Å²) in [6.07, 6.45) is 5.84. The van der Waals surface area contributed by atoms with E-state index in [1.54, 1.807) is 6.92 Å². The maximum atomic E-state index is 11.8. The molecule has 1 aliphatic rings. The van der Waals surface area contributed by atoms with Gasteiger partial charge in [-0.1, -0.05) is 19.8 Å². The Morgan fingerprint density at radius 2 is 2.21 bits per heavy atom. The van der Waals surface area contributed by atoms with Gasteiger partial charge in [0.05, 0.1) is 6.04 Å². The molecule has 2 N–H and O–H groups in total. The lowest BCUT2D eigenvalue weighted by atomic mass is 10.1. The molecule has 0 aromatic carbocycles. The van der Waals surface area contributed by atoms with Crippen molar-refractivity contribution in [1.29, 1.82) is 0 Å². The van der Waals surface area contributed by atoms with E-state index in [1.807, 2.05) is 4.90 Å². The molecule has 1 saturated heterocycles. The highest BCUT2D eigenvalue weighted by atomic mass is 16.2. The van der Waals surface area contributed by atoms with Crippen LogP contribution >= 0.6 is 0 Å². The zero-order chi connectivity index (χ0) is 10.6. The van der Waals surface area contributed by atoms with Gasteiger partial charge in [-0.2, -0.15) is 0 Å². The molecule has 3 heteroatoms. The van der Waals surface area contributed by atoms with Gasteiger partial charge in [0.25, 0.3) is 0 Å². The van der Waals surface area contributed by atoms with E-state index in [-0.39, 0.29) is 11.9 Å². The third-order valence-electron chi connectivity index (χ3n) is 3.02. The van der Waals surface area contributed by atoms with Crippen LogP contribution in [0.2, 0.25) is 0 Å². The Morgan fingerprint density at radius 1 is 1.50 bits per heavy atom. The number of carbonyl (C=O) groups is 1. The quantitative estimate of drug-likeness (QED) is 0.731. The lowest BCUT2D eigenvalue weighted by molar-refractivity contribution is -0.134. The summed E-state index contributed by atoms with van der Waals surface area (Å²) in [4.78, 5) is 13.8. The maximum absolute atomic E-state index is 11.8. The molecule has 0 bridgehead atoms. The molecule has 0 aromatic rings. The number of hydrogen-bond acceptors (Lipinski definition) is 2. The first kappa shape index (κ1) is 11.5. The Bertz CT molecular complexity index is 192. The zero-order valence-corrected chi connectivity index (χ0v) is 9.33. The number of likely N-dealkylation sites (tertiary alicyclic amines) is 1. The largest absolute Gasteiger partial charge is 0.338 e. The molecule has 0 aliphatic carbocycles. The third-order valence-corrected chi connectivity index (χ3v) is 3.02. The van der Waals surface area contributed by atoms with Gasteiger partial charge in [-0.05, 0) is 26.2 Å². The van der Waals surface area contributed by atoms with Gasteiger partial charge in [-0.3, -0.25) is 4.79 Å². The second-order valence-electron chi connectivity index (χ2n) is 4.23. The fourth-order valence-corrected chi connectivity index (χ4v) is 2.15. The highest BCUT2D eigenvalue weighted by Gasteiger charge is 2.25. The van der Waals surface area contributed by atoms with Crippen LogP contribution in [0.5, 0.6) is 0 Å². The lowest BCUT2D eigenvalue weighted by Gasteiger charge is -2.30. The van der Waals surface area contributed by atoms with E-state index in [2.05, 4.69) is 6.92 Å². The minimum atomic E-state index is -0.345. The van der Waals surface area contributed by atoms with Crippen LogP contribution in [0.25, 0.3) is 0 Å². The van der Waals surface area contributed by atoms with Gasteiger partial charge < -0.3 is 10.6 Å². The van der Waals surface area contributed by atoms with Crippen LogP contribution in [0.4, 0.5) is 0 Å². The first-order chi connectivity index (χ1) is 6.66. The van der Waals surface area contributed by atoms with E-state index in [1.165, 1.54) is 12.8 Å². The molecule has 82 valence electrons. The van der Waals surface area contributed by atoms with E-state index >= 15 is 0 Å². The van der Waals surface area contributed by atoms with Gasteiger partial charge in [0.1, 0.15) is 0 Å². The Kier molecular flexibility index (Phi) is 4.39. The molecule has 3 nitrogen and oxygen atoms in total. The van der Waals surface area contributed by atoms with Crippen molar-refractivity contribution in [3.63, 3.8) is 0 Å². The van der Waals surface area contributed by atoms with Gasteiger partial charge in [-0.15, -0.1) is 0 Å². The highest BCUT2D eigenvalue weighted by Crippen LogP contribution is 2.19. The van der Waals surface area contributed by atoms with E-state index in [0.29, 0.717) is 6.04 Å². The summed E-state index contributed by atoms with van der Waals surface area (Å²) in [7, 11) is 0. The molecule has 0 saturated carbocycles. The summed E-state index contributed by atoms with van der Waals surface area (Å²) in [5.74, 6) is 0.124. The smallest absolute Gasteiger partial charge is 0.239 e. The second kappa shape index (κ2) is 5.35. The molecule has 1 unspecified atom stereocenters. The predicted molar refractivity (Wildman–Crippen MR) is 57.9 cm³/mol. The van der Waals surface area contributed by atoms with E-state index in [9.17, 15) is 4.79 Å². The monoisotopic (exact) mass is 198 g/mol. The van der Waals surface area contributed by atoms with Crippen molar-refractivity contribution in [1.82, 2.24) is 4.90 Å². The van der Waals surface area contributed by atoms with Crippen LogP contribution in [-0.2, 0) is 4.79 Å². The summed E-state index contributed by atoms with van der Waals surface area (Å²) in [6, 6.07) is 0.0816. The molecule has 1 rings (SSSR count). The standard InChI is InChI=1S/C11H22N2O/c1-3-10-7-5-4-6-8-13(10)11(14)9(2)12/h9-10H,3-8,12H2,1-2H3/t9-,10?/m0/s1. The number of nitrogens with two attached hydrogens (primary N) is 1. The molecular formula is C11H22N2O. The first-order valence-electron chi connectivity index (χ1n) is 5.73. The van der Waals surface area contributed by atoms with Crippen molar-refractivity contribution in [2.75, 3.05) is 6.54 Å². The van der Waals surface area contributed by atoms with Crippen LogP contribution in [0.3, 0.4) is 0 Å². The Morgan fingerprint density at radius 3 is 2.79 bits per heavy atom. The van der Waals surface area contributed by atoms with Crippen molar-refractivity contribution in [3.05, 3.63) is 0 Å². The average molecular weight is 198 g/mol. The van der Waals surface area contributed by atoms with Crippen LogP contribution < -0.4 is 5.73 Å². The lowest BCUT2D eigenvalue weighted by Crippen LogP contribution is -2.47. The van der Waals surface area contributed by atoms with Crippen molar-refractivity contribution in [3.8, 4) is 0 Å². The summed E-state index contributed by atoms with van der Waals surface area (Å²) >= 11 is 0. The summed E-state index contributed by atoms with van der Waals surface area (Å²) in [5.41, 5.74) is 5.64. The molecule has 1 aliphatic heterocycles. The van der Waals surface area contributed by atoms with Crippen LogP contribution in [0.15, 0.2) is 0 Å². The summed E-state index contributed by atoms with van der Waals surface area (Å²) in [5, 5.41) is 0. The Balaban J connectivity index is 2.65. The molecule has 0 aromatic heterocycles. The van der Waals surface area contributed by atoms with Crippen molar-refractivity contribution < 1.29 is 4.79 Å². The molecule has 0 radical (unpaired) electrons. The van der Waals surface area contributed by atoms with Crippen molar-refractivity contribution >= 4 is 5.91 Å². The molecule has 14 heavy (non-hydrogen) atoms. The van der Waals surface area contributed by atoms with Gasteiger partial charge in [0.15, 0.2) is 0 Å². The summed E-state index contributed by atoms with van der Waals surface area (Å²) < 4.78 is 0. The summed E-state index contributed by atoms with van der Waals surface area (Å²) in [6.45, 7) is 4.83. The molecule has 2 atom stereocenters. The van der Waals surface area contributed by atoms with Crippen molar-refractivity contribution in [2.45, 2.75) is 58.0 Å². The maximum Gasteiger partial charge on any atom is 0.239 e. The number of hydrogen-bond donors (Lipinski definition) is 1. The third kappa shape index (κ3) is 2.71. The SMILES string of the molecule is CCC1CCCCCN1C(=O)[C@H](C)N. The van der Waals surface area contributed by atoms with Gasteiger partial charge in [-0.25, -0.2) is 0 Å². The predicted octanol–water partition coefficient (Wildman–Crippen LogP) is 1.51. The Hall–Kier alpha value is -0.570. The number of rotatable bonds is 2. The van der Waals surface area contributed by atoms with E-state index < -0.39 is 0 Å². The normalized spacial score (nSPS) is 25.6. The molecule has 1 amide bonds. The molecule has 1 heterocycles. The Labute approximate surface area is 86.6 Å². The van der Waals surface area contributed by atoms with Crippen LogP contribution in [0.1, 0.15) is 46.0 Å². The van der Waals surface area contributed by atoms with Gasteiger partial charge in [0.2, 0.25) is 5.91 Å². The van der Waals surface area contributed by atoms with Crippen LogP contribution in [0, 0.1) is 0 Å². The fourth-order valence-electron chi connectivity index (χ4n) is 2.15. The second-order valence-corrected chi connectivity index (χ2v) is 4.23. The zero-order valence-electron chi connectivity index (χ0n) is 9.33. The van der Waals surface area contributed by atoms with Gasteiger partial charge >= 0.3 is 0 Å². The topological polar surface area (TPSA) is 46.3 Å². The number of nitrogens with zero attached hydrogens (tertiary/aromatic N) is 1. The number of carbonyl (C=O) groups excluding carboxylic acids is 1. The number of amides is 1. The molecule has 0 spiro atoms. The van der Waals surface area contributed by atoms with E-state index in [4.69, 9.17) is 5.73 Å².